The number of amides is 1. The molecule has 0 saturated heterocycles. The fraction of sp³-hybridized carbons (Fsp3) is 0.471. The number of rotatable bonds is 13. The quantitative estimate of drug-likeness (QED) is 0.255. The smallest absolute Gasteiger partial charge is 0.326 e. The minimum absolute atomic E-state index is 0.168. The van der Waals surface area contributed by atoms with Gasteiger partial charge in [-0.05, 0) is 37.1 Å². The predicted molar refractivity (Wildman–Crippen MR) is 106 cm³/mol. The average molecular weight is 451 g/mol. The summed E-state index contributed by atoms with van der Waals surface area (Å²) < 4.78 is 27.4. The second kappa shape index (κ2) is 11.6. The summed E-state index contributed by atoms with van der Waals surface area (Å²) in [5.41, 5.74) is 0.765. The number of hydrogen-bond donors (Lipinski definition) is 4. The van der Waals surface area contributed by atoms with E-state index in [2.05, 4.69) is 10.6 Å². The SMILES string of the molecule is CS(=O)(=O)OC(CCCl)CNc1ccc(C(=O)N[C@@H](CCC(=O)O)C(=O)O)cc1. The van der Waals surface area contributed by atoms with Crippen LogP contribution in [0.5, 0.6) is 0 Å². The molecule has 0 radical (unpaired) electrons. The zero-order chi connectivity index (χ0) is 22.0. The highest BCUT2D eigenvalue weighted by atomic mass is 35.5. The molecule has 1 aromatic rings. The summed E-state index contributed by atoms with van der Waals surface area (Å²) in [6, 6.07) is 4.69. The molecule has 1 amide bonds. The fourth-order valence-electron chi connectivity index (χ4n) is 2.29. The molecule has 0 aromatic heterocycles. The zero-order valence-electron chi connectivity index (χ0n) is 15.6. The molecule has 0 spiro atoms. The molecule has 1 unspecified atom stereocenters. The molecule has 0 saturated carbocycles. The largest absolute Gasteiger partial charge is 0.481 e. The highest BCUT2D eigenvalue weighted by Crippen LogP contribution is 2.12. The minimum Gasteiger partial charge on any atom is -0.481 e. The Kier molecular flexibility index (Phi) is 9.86. The Hall–Kier alpha value is -2.37. The molecule has 1 rings (SSSR count). The van der Waals surface area contributed by atoms with Crippen LogP contribution >= 0.6 is 11.6 Å². The van der Waals surface area contributed by atoms with E-state index in [9.17, 15) is 22.8 Å². The van der Waals surface area contributed by atoms with Crippen molar-refractivity contribution in [3.8, 4) is 0 Å². The summed E-state index contributed by atoms with van der Waals surface area (Å²) in [6.07, 6.45) is -0.0225. The molecule has 10 nitrogen and oxygen atoms in total. The van der Waals surface area contributed by atoms with E-state index in [0.717, 1.165) is 6.26 Å². The van der Waals surface area contributed by atoms with Crippen LogP contribution in [0.1, 0.15) is 29.6 Å². The van der Waals surface area contributed by atoms with Crippen LogP contribution in [-0.4, -0.2) is 67.3 Å². The Morgan fingerprint density at radius 2 is 1.76 bits per heavy atom. The highest BCUT2D eigenvalue weighted by Gasteiger charge is 2.21. The van der Waals surface area contributed by atoms with Crippen molar-refractivity contribution in [2.24, 2.45) is 0 Å². The van der Waals surface area contributed by atoms with Gasteiger partial charge in [0.25, 0.3) is 16.0 Å². The standard InChI is InChI=1S/C17H23ClN2O8S/c1-29(26,27)28-13(8-9-18)10-19-12-4-2-11(3-5-12)16(23)20-14(17(24)25)6-7-15(21)22/h2-5,13-14,19H,6-10H2,1H3,(H,20,23)(H,21,22)(H,24,25)/t13?,14-/m0/s1. The number of carbonyl (C=O) groups is 3. The number of aliphatic carboxylic acids is 2. The molecule has 162 valence electrons. The molecule has 0 heterocycles. The van der Waals surface area contributed by atoms with E-state index in [4.69, 9.17) is 26.0 Å². The molecule has 0 aliphatic rings. The van der Waals surface area contributed by atoms with E-state index < -0.39 is 40.1 Å². The molecular formula is C17H23ClN2O8S. The summed E-state index contributed by atoms with van der Waals surface area (Å²) in [6.45, 7) is 0.168. The van der Waals surface area contributed by atoms with Crippen molar-refractivity contribution in [2.75, 3.05) is 24.0 Å². The van der Waals surface area contributed by atoms with Gasteiger partial charge in [-0.2, -0.15) is 8.42 Å². The number of carboxylic acid groups (broad SMARTS) is 2. The lowest BCUT2D eigenvalue weighted by Gasteiger charge is -2.17. The van der Waals surface area contributed by atoms with Gasteiger partial charge >= 0.3 is 11.9 Å². The van der Waals surface area contributed by atoms with Crippen molar-refractivity contribution in [3.05, 3.63) is 29.8 Å². The van der Waals surface area contributed by atoms with E-state index >= 15 is 0 Å². The lowest BCUT2D eigenvalue weighted by Crippen LogP contribution is -2.41. The third kappa shape index (κ3) is 10.1. The minimum atomic E-state index is -3.63. The number of hydrogen-bond acceptors (Lipinski definition) is 7. The molecule has 2 atom stereocenters. The van der Waals surface area contributed by atoms with Crippen LogP contribution in [0.2, 0.25) is 0 Å². The molecule has 0 fully saturated rings. The Morgan fingerprint density at radius 3 is 2.24 bits per heavy atom. The highest BCUT2D eigenvalue weighted by molar-refractivity contribution is 7.86. The Bertz CT molecular complexity index is 813. The van der Waals surface area contributed by atoms with E-state index in [1.807, 2.05) is 0 Å². The van der Waals surface area contributed by atoms with Crippen LogP contribution < -0.4 is 10.6 Å². The molecule has 1 aromatic carbocycles. The van der Waals surface area contributed by atoms with Crippen LogP contribution in [0, 0.1) is 0 Å². The predicted octanol–water partition coefficient (Wildman–Crippen LogP) is 1.12. The fourth-order valence-corrected chi connectivity index (χ4v) is 3.19. The van der Waals surface area contributed by atoms with Gasteiger partial charge in [0.1, 0.15) is 6.04 Å². The number of alkyl halides is 1. The first-order valence-corrected chi connectivity index (χ1v) is 10.9. The number of halogens is 1. The molecule has 29 heavy (non-hydrogen) atoms. The van der Waals surface area contributed by atoms with Gasteiger partial charge in [-0.15, -0.1) is 11.6 Å². The number of nitrogens with one attached hydrogen (secondary N) is 2. The normalized spacial score (nSPS) is 13.3. The molecule has 4 N–H and O–H groups in total. The number of carboxylic acids is 2. The van der Waals surface area contributed by atoms with Crippen molar-refractivity contribution >= 4 is 45.3 Å². The van der Waals surface area contributed by atoms with E-state index in [0.29, 0.717) is 12.1 Å². The number of anilines is 1. The van der Waals surface area contributed by atoms with Crippen LogP contribution in [-0.2, 0) is 23.9 Å². The lowest BCUT2D eigenvalue weighted by atomic mass is 10.1. The van der Waals surface area contributed by atoms with Gasteiger partial charge in [0, 0.05) is 30.1 Å². The molecule has 0 bridgehead atoms. The topological polar surface area (TPSA) is 159 Å². The zero-order valence-corrected chi connectivity index (χ0v) is 17.2. The van der Waals surface area contributed by atoms with Crippen LogP contribution in [0.15, 0.2) is 24.3 Å². The van der Waals surface area contributed by atoms with E-state index in [1.54, 1.807) is 12.1 Å². The van der Waals surface area contributed by atoms with Crippen LogP contribution in [0.4, 0.5) is 5.69 Å². The van der Waals surface area contributed by atoms with Gasteiger partial charge in [-0.25, -0.2) is 4.79 Å². The third-order valence-corrected chi connectivity index (χ3v) is 4.51. The summed E-state index contributed by atoms with van der Waals surface area (Å²) in [5, 5.41) is 23.0. The Morgan fingerprint density at radius 1 is 1.14 bits per heavy atom. The van der Waals surface area contributed by atoms with Gasteiger partial charge in [-0.1, -0.05) is 0 Å². The number of carbonyl (C=O) groups excluding carboxylic acids is 1. The van der Waals surface area contributed by atoms with Crippen molar-refractivity contribution in [1.82, 2.24) is 5.32 Å². The van der Waals surface area contributed by atoms with Crippen molar-refractivity contribution in [1.29, 1.82) is 0 Å². The number of benzene rings is 1. The second-order valence-electron chi connectivity index (χ2n) is 6.15. The first-order chi connectivity index (χ1) is 13.5. The molecule has 12 heteroatoms. The molecule has 0 aliphatic carbocycles. The van der Waals surface area contributed by atoms with Crippen LogP contribution in [0.3, 0.4) is 0 Å². The van der Waals surface area contributed by atoms with Crippen molar-refractivity contribution < 1.29 is 37.2 Å². The van der Waals surface area contributed by atoms with E-state index in [1.165, 1.54) is 12.1 Å². The summed E-state index contributed by atoms with van der Waals surface area (Å²) >= 11 is 5.64. The van der Waals surface area contributed by atoms with Gasteiger partial charge in [0.2, 0.25) is 0 Å². The second-order valence-corrected chi connectivity index (χ2v) is 8.13. The average Bonchev–Trinajstić information content (AvgIpc) is 2.62. The van der Waals surface area contributed by atoms with Crippen molar-refractivity contribution in [3.63, 3.8) is 0 Å². The maximum absolute atomic E-state index is 12.2. The molecular weight excluding hydrogens is 428 g/mol. The first kappa shape index (κ1) is 24.7. The maximum Gasteiger partial charge on any atom is 0.326 e. The molecule has 0 aliphatic heterocycles. The summed E-state index contributed by atoms with van der Waals surface area (Å²) in [5.74, 6) is -2.93. The monoisotopic (exact) mass is 450 g/mol. The Balaban J connectivity index is 2.68. The lowest BCUT2D eigenvalue weighted by molar-refractivity contribution is -0.140. The van der Waals surface area contributed by atoms with E-state index in [-0.39, 0.29) is 30.8 Å². The van der Waals surface area contributed by atoms with Gasteiger partial charge < -0.3 is 20.8 Å². The maximum atomic E-state index is 12.2. The third-order valence-electron chi connectivity index (χ3n) is 3.67. The van der Waals surface area contributed by atoms with Gasteiger partial charge in [-0.3, -0.25) is 13.8 Å². The summed E-state index contributed by atoms with van der Waals surface area (Å²) in [4.78, 5) is 33.9. The van der Waals surface area contributed by atoms with Crippen molar-refractivity contribution in [2.45, 2.75) is 31.4 Å². The van der Waals surface area contributed by atoms with Gasteiger partial charge in [0.15, 0.2) is 0 Å². The summed E-state index contributed by atoms with van der Waals surface area (Å²) in [7, 11) is -3.63. The van der Waals surface area contributed by atoms with Crippen LogP contribution in [0.25, 0.3) is 0 Å². The first-order valence-electron chi connectivity index (χ1n) is 8.55. The Labute approximate surface area is 173 Å². The van der Waals surface area contributed by atoms with Gasteiger partial charge in [0.05, 0.1) is 12.4 Å².